The highest BCUT2D eigenvalue weighted by atomic mass is 127. The fourth-order valence-electron chi connectivity index (χ4n) is 3.23. The number of nitrogens with one attached hydrogen (secondary N) is 1. The number of methoxy groups -OCH3 is 1. The Kier molecular flexibility index (Phi) is 7.11. The first-order valence-corrected chi connectivity index (χ1v) is 11.6. The van der Waals surface area contributed by atoms with Crippen molar-refractivity contribution in [3.05, 3.63) is 91.1 Å². The van der Waals surface area contributed by atoms with Gasteiger partial charge in [-0.25, -0.2) is 9.69 Å². The second kappa shape index (κ2) is 10.0. The average Bonchev–Trinajstić information content (AvgIpc) is 3.07. The number of rotatable bonds is 6. The molecule has 0 aliphatic carbocycles. The molecule has 1 aliphatic rings. The maximum Gasteiger partial charge on any atom is 0.333 e. The van der Waals surface area contributed by atoms with Gasteiger partial charge in [0.1, 0.15) is 12.3 Å². The molecule has 4 rings (SSSR count). The van der Waals surface area contributed by atoms with Crippen LogP contribution in [0.1, 0.15) is 11.1 Å². The van der Waals surface area contributed by atoms with Crippen LogP contribution >= 0.6 is 45.8 Å². The molecule has 168 valence electrons. The normalized spacial score (nSPS) is 14.5. The molecule has 9 heteroatoms. The summed E-state index contributed by atoms with van der Waals surface area (Å²) in [5.74, 6) is 0.312. The van der Waals surface area contributed by atoms with Gasteiger partial charge in [0.2, 0.25) is 0 Å². The maximum absolute atomic E-state index is 12.8. The topological polar surface area (TPSA) is 67.9 Å². The maximum atomic E-state index is 12.8. The molecule has 0 bridgehead atoms. The van der Waals surface area contributed by atoms with Crippen molar-refractivity contribution in [2.75, 3.05) is 12.0 Å². The average molecular weight is 595 g/mol. The molecule has 1 aliphatic heterocycles. The van der Waals surface area contributed by atoms with Crippen LogP contribution in [0.5, 0.6) is 11.5 Å². The zero-order valence-corrected chi connectivity index (χ0v) is 20.9. The van der Waals surface area contributed by atoms with Crippen LogP contribution in [0.2, 0.25) is 10.0 Å². The Bertz CT molecular complexity index is 1240. The number of urea groups is 1. The Morgan fingerprint density at radius 2 is 1.73 bits per heavy atom. The highest BCUT2D eigenvalue weighted by Crippen LogP contribution is 2.38. The lowest BCUT2D eigenvalue weighted by Gasteiger charge is -2.14. The van der Waals surface area contributed by atoms with Crippen molar-refractivity contribution in [3.8, 4) is 11.5 Å². The minimum absolute atomic E-state index is 0.112. The summed E-state index contributed by atoms with van der Waals surface area (Å²) in [7, 11) is 1.51. The molecule has 3 aromatic rings. The van der Waals surface area contributed by atoms with Gasteiger partial charge in [-0.2, -0.15) is 0 Å². The number of carbonyl (C=O) groups excluding carboxylic acids is 2. The first-order chi connectivity index (χ1) is 15.9. The smallest absolute Gasteiger partial charge is 0.333 e. The number of amides is 3. The highest BCUT2D eigenvalue weighted by Gasteiger charge is 2.34. The molecular weight excluding hydrogens is 578 g/mol. The lowest BCUT2D eigenvalue weighted by molar-refractivity contribution is -0.113. The largest absolute Gasteiger partial charge is 0.493 e. The molecule has 3 amide bonds. The third-order valence-corrected chi connectivity index (χ3v) is 6.07. The zero-order chi connectivity index (χ0) is 23.5. The minimum Gasteiger partial charge on any atom is -0.493 e. The van der Waals surface area contributed by atoms with Crippen molar-refractivity contribution in [2.24, 2.45) is 0 Å². The lowest BCUT2D eigenvalue weighted by atomic mass is 10.1. The molecular formula is C24H17Cl2IN2O4. The molecule has 1 N–H and O–H groups in total. The van der Waals surface area contributed by atoms with Crippen molar-refractivity contribution in [3.63, 3.8) is 0 Å². The van der Waals surface area contributed by atoms with E-state index in [0.717, 1.165) is 14.0 Å². The molecule has 1 fully saturated rings. The van der Waals surface area contributed by atoms with Crippen LogP contribution in [0.25, 0.3) is 6.08 Å². The Morgan fingerprint density at radius 3 is 2.39 bits per heavy atom. The SMILES string of the molecule is COc1cc(/C=C2/NC(=O)N(c3ccc(Cl)cc3)C2=O)cc(Cl)c1OCc1ccc(I)cc1. The van der Waals surface area contributed by atoms with Crippen molar-refractivity contribution in [1.82, 2.24) is 5.32 Å². The number of nitrogens with zero attached hydrogens (tertiary/aromatic N) is 1. The number of ether oxygens (including phenoxy) is 2. The van der Waals surface area contributed by atoms with Gasteiger partial charge in [-0.1, -0.05) is 35.3 Å². The van der Waals surface area contributed by atoms with Crippen molar-refractivity contribution < 1.29 is 19.1 Å². The summed E-state index contributed by atoms with van der Waals surface area (Å²) in [5, 5.41) is 3.41. The van der Waals surface area contributed by atoms with Gasteiger partial charge in [0.15, 0.2) is 11.5 Å². The number of imide groups is 1. The minimum atomic E-state index is -0.552. The Labute approximate surface area is 214 Å². The number of benzene rings is 3. The number of carbonyl (C=O) groups is 2. The van der Waals surface area contributed by atoms with Gasteiger partial charge in [-0.3, -0.25) is 4.79 Å². The first-order valence-electron chi connectivity index (χ1n) is 9.73. The lowest BCUT2D eigenvalue weighted by Crippen LogP contribution is -2.30. The number of hydrogen-bond acceptors (Lipinski definition) is 4. The quantitative estimate of drug-likeness (QED) is 0.207. The second-order valence-electron chi connectivity index (χ2n) is 7.05. The van der Waals surface area contributed by atoms with Gasteiger partial charge in [0, 0.05) is 8.59 Å². The van der Waals surface area contributed by atoms with E-state index in [0.29, 0.717) is 39.4 Å². The van der Waals surface area contributed by atoms with E-state index >= 15 is 0 Å². The first kappa shape index (κ1) is 23.4. The molecule has 33 heavy (non-hydrogen) atoms. The highest BCUT2D eigenvalue weighted by molar-refractivity contribution is 14.1. The van der Waals surface area contributed by atoms with E-state index in [-0.39, 0.29) is 5.70 Å². The van der Waals surface area contributed by atoms with Crippen molar-refractivity contribution in [2.45, 2.75) is 6.61 Å². The summed E-state index contributed by atoms with van der Waals surface area (Å²) >= 11 is 14.6. The third-order valence-electron chi connectivity index (χ3n) is 4.82. The second-order valence-corrected chi connectivity index (χ2v) is 9.14. The monoisotopic (exact) mass is 594 g/mol. The summed E-state index contributed by atoms with van der Waals surface area (Å²) in [6.07, 6.45) is 1.54. The fraction of sp³-hybridized carbons (Fsp3) is 0.0833. The standard InChI is InChI=1S/C24H17Cl2IN2O4/c1-32-21-12-15(10-19(26)22(21)33-13-14-2-6-17(27)7-3-14)11-20-23(30)29(24(31)28-20)18-8-4-16(25)5-9-18/h2-12H,13H2,1H3,(H,28,31)/b20-11+. The summed E-state index contributed by atoms with van der Waals surface area (Å²) in [5.41, 5.74) is 2.09. The van der Waals surface area contributed by atoms with Crippen molar-refractivity contribution in [1.29, 1.82) is 0 Å². The van der Waals surface area contributed by atoms with Crippen LogP contribution in [0.15, 0.2) is 66.4 Å². The van der Waals surface area contributed by atoms with Gasteiger partial charge >= 0.3 is 6.03 Å². The summed E-state index contributed by atoms with van der Waals surface area (Å²) in [4.78, 5) is 26.3. The van der Waals surface area contributed by atoms with Gasteiger partial charge in [0.05, 0.1) is 17.8 Å². The zero-order valence-electron chi connectivity index (χ0n) is 17.3. The van der Waals surface area contributed by atoms with Crippen LogP contribution in [0.4, 0.5) is 10.5 Å². The van der Waals surface area contributed by atoms with Crippen molar-refractivity contribution >= 4 is 69.5 Å². The third kappa shape index (κ3) is 5.26. The Balaban J connectivity index is 1.57. The van der Waals surface area contributed by atoms with Crippen LogP contribution in [-0.2, 0) is 11.4 Å². The van der Waals surface area contributed by atoms with Gasteiger partial charge in [0.25, 0.3) is 5.91 Å². The van der Waals surface area contributed by atoms with Gasteiger partial charge in [-0.05, 0) is 88.3 Å². The molecule has 0 aromatic heterocycles. The molecule has 0 unspecified atom stereocenters. The summed E-state index contributed by atoms with van der Waals surface area (Å²) < 4.78 is 12.5. The predicted molar refractivity (Wildman–Crippen MR) is 137 cm³/mol. The fourth-order valence-corrected chi connectivity index (χ4v) is 3.98. The molecule has 0 spiro atoms. The van der Waals surface area contributed by atoms with Crippen LogP contribution < -0.4 is 19.7 Å². The van der Waals surface area contributed by atoms with E-state index in [4.69, 9.17) is 32.7 Å². The molecule has 0 saturated carbocycles. The summed E-state index contributed by atoms with van der Waals surface area (Å²) in [6, 6.07) is 17.1. The van der Waals surface area contributed by atoms with Crippen LogP contribution in [0.3, 0.4) is 0 Å². The summed E-state index contributed by atoms with van der Waals surface area (Å²) in [6.45, 7) is 0.317. The van der Waals surface area contributed by atoms with E-state index in [1.165, 1.54) is 13.2 Å². The van der Waals surface area contributed by atoms with Gasteiger partial charge in [-0.15, -0.1) is 0 Å². The van der Waals surface area contributed by atoms with E-state index in [9.17, 15) is 9.59 Å². The Morgan fingerprint density at radius 1 is 1.03 bits per heavy atom. The Hall–Kier alpha value is -2.75. The van der Waals surface area contributed by atoms with Crippen LogP contribution in [0, 0.1) is 3.57 Å². The molecule has 1 heterocycles. The van der Waals surface area contributed by atoms with Gasteiger partial charge < -0.3 is 14.8 Å². The molecule has 0 radical (unpaired) electrons. The molecule has 0 atom stereocenters. The molecule has 6 nitrogen and oxygen atoms in total. The molecule has 3 aromatic carbocycles. The number of anilines is 1. The van der Waals surface area contributed by atoms with E-state index in [1.54, 1.807) is 36.4 Å². The van der Waals surface area contributed by atoms with E-state index < -0.39 is 11.9 Å². The number of hydrogen-bond donors (Lipinski definition) is 1. The predicted octanol–water partition coefficient (Wildman–Crippen LogP) is 6.28. The van der Waals surface area contributed by atoms with E-state index in [1.807, 2.05) is 24.3 Å². The van der Waals surface area contributed by atoms with Crippen LogP contribution in [-0.4, -0.2) is 19.0 Å². The van der Waals surface area contributed by atoms with E-state index in [2.05, 4.69) is 27.9 Å². The molecule has 1 saturated heterocycles. The number of halogens is 3.